The molecule has 1 unspecified atom stereocenters. The molecule has 21 heavy (non-hydrogen) atoms. The minimum atomic E-state index is -0.0125. The molecule has 2 heterocycles. The van der Waals surface area contributed by atoms with Crippen molar-refractivity contribution in [3.63, 3.8) is 0 Å². The SMILES string of the molecule is CC1CCCN(C(C)(C)CNC(=O)C=Cc2cccs2)C1. The van der Waals surface area contributed by atoms with Gasteiger partial charge in [-0.15, -0.1) is 11.3 Å². The lowest BCUT2D eigenvalue weighted by atomic mass is 9.93. The minimum Gasteiger partial charge on any atom is -0.351 e. The highest BCUT2D eigenvalue weighted by molar-refractivity contribution is 7.10. The Morgan fingerprint density at radius 2 is 2.38 bits per heavy atom. The summed E-state index contributed by atoms with van der Waals surface area (Å²) in [5.74, 6) is 0.744. The quantitative estimate of drug-likeness (QED) is 0.846. The lowest BCUT2D eigenvalue weighted by Gasteiger charge is -2.43. The number of thiophene rings is 1. The molecule has 0 spiro atoms. The highest BCUT2D eigenvalue weighted by atomic mass is 32.1. The van der Waals surface area contributed by atoms with Crippen molar-refractivity contribution in [2.45, 2.75) is 39.2 Å². The number of carbonyl (C=O) groups is 1. The van der Waals surface area contributed by atoms with E-state index in [4.69, 9.17) is 0 Å². The maximum atomic E-state index is 11.9. The fourth-order valence-electron chi connectivity index (χ4n) is 2.76. The highest BCUT2D eigenvalue weighted by Crippen LogP contribution is 2.23. The van der Waals surface area contributed by atoms with Gasteiger partial charge in [0.1, 0.15) is 0 Å². The molecule has 0 radical (unpaired) electrons. The van der Waals surface area contributed by atoms with Crippen LogP contribution in [0.2, 0.25) is 0 Å². The Bertz CT molecular complexity index is 479. The molecular formula is C17H26N2OS. The number of carbonyl (C=O) groups excluding carboxylic acids is 1. The van der Waals surface area contributed by atoms with Crippen molar-refractivity contribution in [2.75, 3.05) is 19.6 Å². The molecule has 1 N–H and O–H groups in total. The number of rotatable bonds is 5. The van der Waals surface area contributed by atoms with Gasteiger partial charge in [0.25, 0.3) is 0 Å². The summed E-state index contributed by atoms with van der Waals surface area (Å²) < 4.78 is 0. The first-order valence-electron chi connectivity index (χ1n) is 7.72. The van der Waals surface area contributed by atoms with Crippen LogP contribution in [0.5, 0.6) is 0 Å². The lowest BCUT2D eigenvalue weighted by Crippen LogP contribution is -2.54. The van der Waals surface area contributed by atoms with Crippen molar-refractivity contribution < 1.29 is 4.79 Å². The number of piperidine rings is 1. The first kappa shape index (κ1) is 16.2. The van der Waals surface area contributed by atoms with Crippen LogP contribution in [-0.2, 0) is 4.79 Å². The number of nitrogens with zero attached hydrogens (tertiary/aromatic N) is 1. The van der Waals surface area contributed by atoms with E-state index in [0.717, 1.165) is 23.9 Å². The first-order valence-corrected chi connectivity index (χ1v) is 8.60. The van der Waals surface area contributed by atoms with Crippen LogP contribution in [0.15, 0.2) is 23.6 Å². The van der Waals surface area contributed by atoms with E-state index in [1.54, 1.807) is 17.4 Å². The van der Waals surface area contributed by atoms with Crippen molar-refractivity contribution in [1.29, 1.82) is 0 Å². The highest BCUT2D eigenvalue weighted by Gasteiger charge is 2.30. The predicted octanol–water partition coefficient (Wildman–Crippen LogP) is 3.39. The van der Waals surface area contributed by atoms with Crippen LogP contribution in [0.25, 0.3) is 6.08 Å². The molecule has 1 amide bonds. The van der Waals surface area contributed by atoms with Gasteiger partial charge >= 0.3 is 0 Å². The molecule has 0 aliphatic carbocycles. The van der Waals surface area contributed by atoms with E-state index in [9.17, 15) is 4.79 Å². The zero-order valence-electron chi connectivity index (χ0n) is 13.3. The standard InChI is InChI=1S/C17H26N2OS/c1-14-6-4-10-19(12-14)17(2,3)13-18-16(20)9-8-15-7-5-11-21-15/h5,7-9,11,14H,4,6,10,12-13H2,1-3H3,(H,18,20). The summed E-state index contributed by atoms with van der Waals surface area (Å²) in [6, 6.07) is 4.00. The summed E-state index contributed by atoms with van der Waals surface area (Å²) in [4.78, 5) is 15.5. The molecule has 116 valence electrons. The third kappa shape index (κ3) is 4.97. The second-order valence-electron chi connectivity index (χ2n) is 6.57. The maximum absolute atomic E-state index is 11.9. The lowest BCUT2D eigenvalue weighted by molar-refractivity contribution is -0.117. The average Bonchev–Trinajstić information content (AvgIpc) is 2.96. The van der Waals surface area contributed by atoms with Gasteiger partial charge in [0, 0.05) is 29.6 Å². The normalized spacial score (nSPS) is 20.8. The molecule has 1 atom stereocenters. The second-order valence-corrected chi connectivity index (χ2v) is 7.55. The summed E-state index contributed by atoms with van der Waals surface area (Å²) in [6.45, 7) is 9.70. The molecule has 1 saturated heterocycles. The van der Waals surface area contributed by atoms with E-state index in [1.165, 1.54) is 12.8 Å². The monoisotopic (exact) mass is 306 g/mol. The Labute approximate surface area is 132 Å². The average molecular weight is 306 g/mol. The van der Waals surface area contributed by atoms with Gasteiger partial charge in [0.2, 0.25) is 5.91 Å². The molecule has 0 bridgehead atoms. The van der Waals surface area contributed by atoms with Gasteiger partial charge in [-0.2, -0.15) is 0 Å². The molecule has 1 aromatic heterocycles. The van der Waals surface area contributed by atoms with Crippen LogP contribution < -0.4 is 5.32 Å². The smallest absolute Gasteiger partial charge is 0.244 e. The van der Waals surface area contributed by atoms with Gasteiger partial charge in [-0.3, -0.25) is 9.69 Å². The molecule has 0 aromatic carbocycles. The third-order valence-corrected chi connectivity index (χ3v) is 4.99. The van der Waals surface area contributed by atoms with Gasteiger partial charge in [0.05, 0.1) is 0 Å². The second kappa shape index (κ2) is 7.23. The molecule has 1 aromatic rings. The fraction of sp³-hybridized carbons (Fsp3) is 0.588. The van der Waals surface area contributed by atoms with E-state index in [-0.39, 0.29) is 11.4 Å². The van der Waals surface area contributed by atoms with Crippen molar-refractivity contribution in [3.8, 4) is 0 Å². The van der Waals surface area contributed by atoms with Crippen LogP contribution in [0.4, 0.5) is 0 Å². The van der Waals surface area contributed by atoms with Gasteiger partial charge in [-0.05, 0) is 56.7 Å². The van der Waals surface area contributed by atoms with Crippen molar-refractivity contribution in [1.82, 2.24) is 10.2 Å². The molecule has 1 fully saturated rings. The van der Waals surface area contributed by atoms with Crippen LogP contribution in [0.1, 0.15) is 38.5 Å². The van der Waals surface area contributed by atoms with Crippen molar-refractivity contribution in [3.05, 3.63) is 28.5 Å². The van der Waals surface area contributed by atoms with E-state index >= 15 is 0 Å². The van der Waals surface area contributed by atoms with Crippen LogP contribution in [-0.4, -0.2) is 36.0 Å². The summed E-state index contributed by atoms with van der Waals surface area (Å²) in [6.07, 6.45) is 6.08. The zero-order valence-corrected chi connectivity index (χ0v) is 14.1. The summed E-state index contributed by atoms with van der Waals surface area (Å²) in [5.41, 5.74) is 0.0150. The Balaban J connectivity index is 1.81. The summed E-state index contributed by atoms with van der Waals surface area (Å²) >= 11 is 1.64. The number of hydrogen-bond acceptors (Lipinski definition) is 3. The molecule has 4 heteroatoms. The predicted molar refractivity (Wildman–Crippen MR) is 90.4 cm³/mol. The van der Waals surface area contributed by atoms with Crippen molar-refractivity contribution >= 4 is 23.3 Å². The fourth-order valence-corrected chi connectivity index (χ4v) is 3.38. The molecule has 2 rings (SSSR count). The number of hydrogen-bond donors (Lipinski definition) is 1. The molecule has 1 aliphatic heterocycles. The molecule has 3 nitrogen and oxygen atoms in total. The van der Waals surface area contributed by atoms with Crippen LogP contribution >= 0.6 is 11.3 Å². The van der Waals surface area contributed by atoms with Crippen molar-refractivity contribution in [2.24, 2.45) is 5.92 Å². The molecule has 1 aliphatic rings. The first-order chi connectivity index (χ1) is 9.97. The van der Waals surface area contributed by atoms with Gasteiger partial charge < -0.3 is 5.32 Å². The third-order valence-electron chi connectivity index (χ3n) is 4.15. The zero-order chi connectivity index (χ0) is 15.3. The molecule has 0 saturated carbocycles. The van der Waals surface area contributed by atoms with E-state index < -0.39 is 0 Å². The van der Waals surface area contributed by atoms with Crippen LogP contribution in [0, 0.1) is 5.92 Å². The summed E-state index contributed by atoms with van der Waals surface area (Å²) in [7, 11) is 0. The van der Waals surface area contributed by atoms with E-state index in [1.807, 2.05) is 23.6 Å². The largest absolute Gasteiger partial charge is 0.351 e. The Morgan fingerprint density at radius 3 is 3.05 bits per heavy atom. The summed E-state index contributed by atoms with van der Waals surface area (Å²) in [5, 5.41) is 5.05. The van der Waals surface area contributed by atoms with E-state index in [2.05, 4.69) is 31.0 Å². The Morgan fingerprint density at radius 1 is 1.57 bits per heavy atom. The number of nitrogens with one attached hydrogen (secondary N) is 1. The minimum absolute atomic E-state index is 0.0125. The topological polar surface area (TPSA) is 32.3 Å². The van der Waals surface area contributed by atoms with Gasteiger partial charge in [0.15, 0.2) is 0 Å². The Kier molecular flexibility index (Phi) is 5.59. The van der Waals surface area contributed by atoms with Crippen LogP contribution in [0.3, 0.4) is 0 Å². The Hall–Kier alpha value is -1.13. The van der Waals surface area contributed by atoms with Gasteiger partial charge in [-0.25, -0.2) is 0 Å². The van der Waals surface area contributed by atoms with E-state index in [0.29, 0.717) is 6.54 Å². The molecular weight excluding hydrogens is 280 g/mol. The number of likely N-dealkylation sites (tertiary alicyclic amines) is 1. The maximum Gasteiger partial charge on any atom is 0.244 e. The van der Waals surface area contributed by atoms with Gasteiger partial charge in [-0.1, -0.05) is 13.0 Å². The number of amides is 1.